The molecule has 0 aromatic carbocycles. The van der Waals surface area contributed by atoms with Crippen LogP contribution in [-0.2, 0) is 9.53 Å². The third kappa shape index (κ3) is 7.30. The van der Waals surface area contributed by atoms with Crippen molar-refractivity contribution in [2.24, 2.45) is 0 Å². The second-order valence-electron chi connectivity index (χ2n) is 4.99. The largest absolute Gasteiger partial charge is 0.481 e. The van der Waals surface area contributed by atoms with E-state index in [4.69, 9.17) is 9.84 Å². The maximum absolute atomic E-state index is 11.5. The van der Waals surface area contributed by atoms with E-state index in [0.29, 0.717) is 6.54 Å². The Bertz CT molecular complexity index is 306. The molecule has 3 N–H and O–H groups in total. The molecule has 0 saturated carbocycles. The van der Waals surface area contributed by atoms with E-state index in [1.165, 1.54) is 26.4 Å². The maximum atomic E-state index is 11.5. The number of carbonyl (C=O) groups excluding carboxylic acids is 1. The minimum Gasteiger partial charge on any atom is -0.481 e. The van der Waals surface area contributed by atoms with Crippen LogP contribution in [0.3, 0.4) is 0 Å². The van der Waals surface area contributed by atoms with Crippen LogP contribution >= 0.6 is 0 Å². The first-order valence-corrected chi connectivity index (χ1v) is 7.10. The lowest BCUT2D eigenvalue weighted by Crippen LogP contribution is -2.44. The zero-order chi connectivity index (χ0) is 14.8. The van der Waals surface area contributed by atoms with Gasteiger partial charge in [0.15, 0.2) is 0 Å². The molecule has 0 aliphatic carbocycles. The quantitative estimate of drug-likeness (QED) is 0.596. The molecule has 1 saturated heterocycles. The summed E-state index contributed by atoms with van der Waals surface area (Å²) < 4.78 is 4.98. The van der Waals surface area contributed by atoms with Gasteiger partial charge in [0.05, 0.1) is 12.5 Å². The van der Waals surface area contributed by atoms with Gasteiger partial charge in [-0.15, -0.1) is 0 Å². The molecule has 7 nitrogen and oxygen atoms in total. The van der Waals surface area contributed by atoms with Gasteiger partial charge in [0.1, 0.15) is 0 Å². The molecule has 0 bridgehead atoms. The number of nitrogens with zero attached hydrogens (tertiary/aromatic N) is 1. The van der Waals surface area contributed by atoms with Gasteiger partial charge < -0.3 is 25.4 Å². The van der Waals surface area contributed by atoms with Crippen LogP contribution in [0.5, 0.6) is 0 Å². The lowest BCUT2D eigenvalue weighted by Gasteiger charge is -2.26. The van der Waals surface area contributed by atoms with Gasteiger partial charge >= 0.3 is 12.0 Å². The molecule has 1 unspecified atom stereocenters. The van der Waals surface area contributed by atoms with Gasteiger partial charge in [-0.25, -0.2) is 4.79 Å². The minimum atomic E-state index is -0.941. The number of likely N-dealkylation sites (tertiary alicyclic amines) is 1. The molecule has 1 rings (SSSR count). The Morgan fingerprint density at radius 1 is 1.25 bits per heavy atom. The van der Waals surface area contributed by atoms with Gasteiger partial charge in [-0.2, -0.15) is 0 Å². The molecule has 0 aromatic heterocycles. The summed E-state index contributed by atoms with van der Waals surface area (Å²) in [6.45, 7) is 3.86. The average molecular weight is 287 g/mol. The summed E-state index contributed by atoms with van der Waals surface area (Å²) in [6.07, 6.45) is 3.14. The molecule has 1 heterocycles. The van der Waals surface area contributed by atoms with E-state index in [1.807, 2.05) is 0 Å². The van der Waals surface area contributed by atoms with Crippen LogP contribution in [0, 0.1) is 0 Å². The number of nitrogens with one attached hydrogen (secondary N) is 2. The molecule has 0 aromatic rings. The number of carboxylic acids is 1. The molecule has 2 amide bonds. The van der Waals surface area contributed by atoms with Crippen LogP contribution in [0.15, 0.2) is 0 Å². The van der Waals surface area contributed by atoms with Crippen molar-refractivity contribution in [1.82, 2.24) is 15.5 Å². The number of ether oxygens (including phenoxy) is 1. The third-order valence-electron chi connectivity index (χ3n) is 3.39. The number of carbonyl (C=O) groups is 2. The summed E-state index contributed by atoms with van der Waals surface area (Å²) in [4.78, 5) is 24.4. The summed E-state index contributed by atoms with van der Waals surface area (Å²) in [5.74, 6) is -0.941. The summed E-state index contributed by atoms with van der Waals surface area (Å²) in [5.41, 5.74) is 0. The highest BCUT2D eigenvalue weighted by Crippen LogP contribution is 2.07. The first-order chi connectivity index (χ1) is 9.61. The number of piperidine rings is 1. The van der Waals surface area contributed by atoms with Crippen molar-refractivity contribution >= 4 is 12.0 Å². The monoisotopic (exact) mass is 287 g/mol. The minimum absolute atomic E-state index is 0.120. The fraction of sp³-hybridized carbons (Fsp3) is 0.846. The molecule has 116 valence electrons. The predicted octanol–water partition coefficient (Wildman–Crippen LogP) is 0.261. The van der Waals surface area contributed by atoms with E-state index in [-0.39, 0.29) is 19.0 Å². The normalized spacial score (nSPS) is 17.4. The Morgan fingerprint density at radius 3 is 2.55 bits per heavy atom. The Morgan fingerprint density at radius 2 is 1.95 bits per heavy atom. The fourth-order valence-electron chi connectivity index (χ4n) is 2.21. The van der Waals surface area contributed by atoms with Gasteiger partial charge in [-0.3, -0.25) is 4.79 Å². The van der Waals surface area contributed by atoms with Crippen LogP contribution in [0.2, 0.25) is 0 Å². The molecule has 0 radical (unpaired) electrons. The number of urea groups is 1. The first kappa shape index (κ1) is 16.7. The highest BCUT2D eigenvalue weighted by atomic mass is 16.5. The molecule has 1 atom stereocenters. The standard InChI is InChI=1S/C13H25N3O4/c1-20-11(9-12(17)18)10-15-13(19)14-5-8-16-6-3-2-4-7-16/h11H,2-10H2,1H3,(H,17,18)(H2,14,15,19). The zero-order valence-corrected chi connectivity index (χ0v) is 12.1. The Balaban J connectivity index is 2.08. The number of amides is 2. The Kier molecular flexibility index (Phi) is 7.98. The number of aliphatic carboxylic acids is 1. The van der Waals surface area contributed by atoms with Crippen LogP contribution in [0.4, 0.5) is 4.79 Å². The number of methoxy groups -OCH3 is 1. The van der Waals surface area contributed by atoms with Crippen LogP contribution in [-0.4, -0.2) is 67.9 Å². The molecule has 0 spiro atoms. The smallest absolute Gasteiger partial charge is 0.314 e. The van der Waals surface area contributed by atoms with Crippen LogP contribution in [0.1, 0.15) is 25.7 Å². The summed E-state index contributed by atoms with van der Waals surface area (Å²) >= 11 is 0. The van der Waals surface area contributed by atoms with E-state index < -0.39 is 12.1 Å². The van der Waals surface area contributed by atoms with Gasteiger partial charge in [-0.1, -0.05) is 6.42 Å². The summed E-state index contributed by atoms with van der Waals surface area (Å²) in [5, 5.41) is 14.0. The van der Waals surface area contributed by atoms with Crippen LogP contribution in [0.25, 0.3) is 0 Å². The molecule has 20 heavy (non-hydrogen) atoms. The fourth-order valence-corrected chi connectivity index (χ4v) is 2.21. The SMILES string of the molecule is COC(CNC(=O)NCCN1CCCCC1)CC(=O)O. The lowest BCUT2D eigenvalue weighted by atomic mass is 10.1. The van der Waals surface area contributed by atoms with Crippen molar-refractivity contribution in [3.63, 3.8) is 0 Å². The third-order valence-corrected chi connectivity index (χ3v) is 3.39. The zero-order valence-electron chi connectivity index (χ0n) is 12.1. The second-order valence-corrected chi connectivity index (χ2v) is 4.99. The van der Waals surface area contributed by atoms with Crippen molar-refractivity contribution in [3.8, 4) is 0 Å². The maximum Gasteiger partial charge on any atom is 0.314 e. The molecule has 1 aliphatic rings. The van der Waals surface area contributed by atoms with Gasteiger partial charge in [0, 0.05) is 26.7 Å². The topological polar surface area (TPSA) is 90.9 Å². The number of hydrogen-bond donors (Lipinski definition) is 3. The lowest BCUT2D eigenvalue weighted by molar-refractivity contribution is -0.139. The van der Waals surface area contributed by atoms with Crippen molar-refractivity contribution < 1.29 is 19.4 Å². The van der Waals surface area contributed by atoms with Crippen molar-refractivity contribution in [1.29, 1.82) is 0 Å². The first-order valence-electron chi connectivity index (χ1n) is 7.10. The van der Waals surface area contributed by atoms with Crippen molar-refractivity contribution in [2.45, 2.75) is 31.8 Å². The Labute approximate surface area is 119 Å². The summed E-state index contributed by atoms with van der Waals surface area (Å²) in [7, 11) is 1.43. The van der Waals surface area contributed by atoms with E-state index >= 15 is 0 Å². The van der Waals surface area contributed by atoms with Gasteiger partial charge in [-0.05, 0) is 25.9 Å². The van der Waals surface area contributed by atoms with E-state index in [2.05, 4.69) is 15.5 Å². The second kappa shape index (κ2) is 9.55. The van der Waals surface area contributed by atoms with E-state index in [0.717, 1.165) is 19.6 Å². The molecular formula is C13H25N3O4. The molecular weight excluding hydrogens is 262 g/mol. The van der Waals surface area contributed by atoms with E-state index in [9.17, 15) is 9.59 Å². The average Bonchev–Trinajstić information content (AvgIpc) is 2.44. The van der Waals surface area contributed by atoms with Crippen molar-refractivity contribution in [3.05, 3.63) is 0 Å². The highest BCUT2D eigenvalue weighted by molar-refractivity contribution is 5.74. The van der Waals surface area contributed by atoms with E-state index in [1.54, 1.807) is 0 Å². The summed E-state index contributed by atoms with van der Waals surface area (Å²) in [6, 6.07) is -0.283. The number of hydrogen-bond acceptors (Lipinski definition) is 4. The number of rotatable bonds is 8. The predicted molar refractivity (Wildman–Crippen MR) is 74.7 cm³/mol. The van der Waals surface area contributed by atoms with Gasteiger partial charge in [0.2, 0.25) is 0 Å². The highest BCUT2D eigenvalue weighted by Gasteiger charge is 2.14. The van der Waals surface area contributed by atoms with Crippen molar-refractivity contribution in [2.75, 3.05) is 39.8 Å². The molecule has 7 heteroatoms. The number of carboxylic acid groups (broad SMARTS) is 1. The molecule has 1 aliphatic heterocycles. The Hall–Kier alpha value is -1.34. The molecule has 1 fully saturated rings. The van der Waals surface area contributed by atoms with Gasteiger partial charge in [0.25, 0.3) is 0 Å². The van der Waals surface area contributed by atoms with Crippen LogP contribution < -0.4 is 10.6 Å².